The normalized spacial score (nSPS) is 46.8. The predicted octanol–water partition coefficient (Wildman–Crippen LogP) is 0.743. The van der Waals surface area contributed by atoms with Gasteiger partial charge >= 0.3 is 0 Å². The highest BCUT2D eigenvalue weighted by Crippen LogP contribution is 2.68. The number of hydrogen-bond donors (Lipinski definition) is 2. The first-order valence-electron chi connectivity index (χ1n) is 8.15. The van der Waals surface area contributed by atoms with E-state index in [4.69, 9.17) is 5.11 Å². The summed E-state index contributed by atoms with van der Waals surface area (Å²) in [5, 5.41) is 8.75. The maximum atomic E-state index is 12.3. The van der Waals surface area contributed by atoms with Gasteiger partial charge in [-0.1, -0.05) is 0 Å². The van der Waals surface area contributed by atoms with Crippen molar-refractivity contribution in [2.75, 3.05) is 12.4 Å². The molecular formula is C15H23NO4S. The van der Waals surface area contributed by atoms with Gasteiger partial charge in [0.1, 0.15) is 0 Å². The van der Waals surface area contributed by atoms with Crippen LogP contribution in [-0.4, -0.2) is 31.8 Å². The van der Waals surface area contributed by atoms with Gasteiger partial charge in [0.2, 0.25) is 15.9 Å². The largest absolute Gasteiger partial charge is 0.395 e. The van der Waals surface area contributed by atoms with E-state index in [1.54, 1.807) is 0 Å². The Labute approximate surface area is 125 Å². The number of amides is 1. The summed E-state index contributed by atoms with van der Waals surface area (Å²) < 4.78 is 25.5. The lowest BCUT2D eigenvalue weighted by Gasteiger charge is -2.38. The van der Waals surface area contributed by atoms with Crippen LogP contribution in [0.4, 0.5) is 0 Å². The Balaban J connectivity index is 1.48. The van der Waals surface area contributed by atoms with Gasteiger partial charge in [-0.25, -0.2) is 8.42 Å². The van der Waals surface area contributed by atoms with Crippen LogP contribution in [0.5, 0.6) is 0 Å². The topological polar surface area (TPSA) is 83.5 Å². The molecule has 0 aliphatic heterocycles. The first-order chi connectivity index (χ1) is 10.00. The highest BCUT2D eigenvalue weighted by molar-refractivity contribution is 7.90. The van der Waals surface area contributed by atoms with Gasteiger partial charge in [-0.2, -0.15) is 0 Å². The average molecular weight is 313 g/mol. The van der Waals surface area contributed by atoms with Gasteiger partial charge in [0.05, 0.1) is 12.4 Å². The zero-order valence-corrected chi connectivity index (χ0v) is 12.9. The van der Waals surface area contributed by atoms with Crippen LogP contribution in [0.3, 0.4) is 0 Å². The number of rotatable bonds is 4. The van der Waals surface area contributed by atoms with Crippen molar-refractivity contribution in [1.82, 2.24) is 4.72 Å². The summed E-state index contributed by atoms with van der Waals surface area (Å²) in [7, 11) is -3.67. The first kappa shape index (κ1) is 14.0. The Bertz CT molecular complexity index is 560. The fourth-order valence-electron chi connectivity index (χ4n) is 6.27. The van der Waals surface area contributed by atoms with E-state index in [0.29, 0.717) is 17.8 Å². The average Bonchev–Trinajstić information content (AvgIpc) is 3.16. The summed E-state index contributed by atoms with van der Waals surface area (Å²) in [6, 6.07) is 0. The van der Waals surface area contributed by atoms with E-state index in [9.17, 15) is 13.2 Å². The van der Waals surface area contributed by atoms with Crippen LogP contribution in [0.1, 0.15) is 32.1 Å². The number of carbonyl (C=O) groups is 1. The van der Waals surface area contributed by atoms with Crippen molar-refractivity contribution < 1.29 is 18.3 Å². The third kappa shape index (κ3) is 2.05. The number of carbonyl (C=O) groups excluding carboxylic acids is 1. The smallest absolute Gasteiger partial charge is 0.237 e. The molecule has 0 radical (unpaired) electrons. The summed E-state index contributed by atoms with van der Waals surface area (Å²) >= 11 is 0. The van der Waals surface area contributed by atoms with Gasteiger partial charge in [0.15, 0.2) is 0 Å². The molecule has 4 bridgehead atoms. The molecule has 0 aromatic carbocycles. The van der Waals surface area contributed by atoms with E-state index >= 15 is 0 Å². The monoisotopic (exact) mass is 313 g/mol. The zero-order valence-electron chi connectivity index (χ0n) is 12.1. The van der Waals surface area contributed by atoms with Crippen LogP contribution in [0, 0.1) is 41.4 Å². The molecule has 118 valence electrons. The van der Waals surface area contributed by atoms with Gasteiger partial charge < -0.3 is 5.11 Å². The molecule has 4 aliphatic carbocycles. The lowest BCUT2D eigenvalue weighted by Crippen LogP contribution is -2.43. The fourth-order valence-corrected chi connectivity index (χ4v) is 7.07. The van der Waals surface area contributed by atoms with Crippen molar-refractivity contribution in [3.05, 3.63) is 0 Å². The maximum absolute atomic E-state index is 12.3. The summed E-state index contributed by atoms with van der Waals surface area (Å²) in [4.78, 5) is 12.3. The lowest BCUT2D eigenvalue weighted by molar-refractivity contribution is -0.126. The number of hydrogen-bond acceptors (Lipinski definition) is 4. The SMILES string of the molecule is O=C(NS(=O)(=O)CCO)C1CC2CC1C1C3CCC(C3)C21. The molecule has 6 heteroatoms. The Morgan fingerprint density at radius 1 is 1.05 bits per heavy atom. The molecule has 2 N–H and O–H groups in total. The highest BCUT2D eigenvalue weighted by atomic mass is 32.2. The Kier molecular flexibility index (Phi) is 3.12. The van der Waals surface area contributed by atoms with E-state index in [1.165, 1.54) is 19.3 Å². The van der Waals surface area contributed by atoms with Crippen LogP contribution >= 0.6 is 0 Å². The van der Waals surface area contributed by atoms with Gasteiger partial charge in [-0.15, -0.1) is 0 Å². The molecule has 21 heavy (non-hydrogen) atoms. The lowest BCUT2D eigenvalue weighted by atomic mass is 9.67. The predicted molar refractivity (Wildman–Crippen MR) is 76.5 cm³/mol. The molecular weight excluding hydrogens is 290 g/mol. The number of aliphatic hydroxyl groups excluding tert-OH is 1. The third-order valence-corrected chi connectivity index (χ3v) is 7.92. The van der Waals surface area contributed by atoms with E-state index in [-0.39, 0.29) is 11.8 Å². The van der Waals surface area contributed by atoms with Gasteiger partial charge in [-0.05, 0) is 67.6 Å². The van der Waals surface area contributed by atoms with Crippen molar-refractivity contribution in [1.29, 1.82) is 0 Å². The molecule has 4 rings (SSSR count). The number of aliphatic hydroxyl groups is 1. The highest BCUT2D eigenvalue weighted by Gasteiger charge is 2.63. The van der Waals surface area contributed by atoms with Gasteiger partial charge in [0.25, 0.3) is 0 Å². The van der Waals surface area contributed by atoms with Crippen LogP contribution in [-0.2, 0) is 14.8 Å². The second-order valence-corrected chi connectivity index (χ2v) is 9.34. The van der Waals surface area contributed by atoms with Gasteiger partial charge in [-0.3, -0.25) is 9.52 Å². The van der Waals surface area contributed by atoms with Crippen LogP contribution < -0.4 is 4.72 Å². The molecule has 4 fully saturated rings. The van der Waals surface area contributed by atoms with Crippen LogP contribution in [0.15, 0.2) is 0 Å². The summed E-state index contributed by atoms with van der Waals surface area (Å²) in [5.41, 5.74) is 0. The Morgan fingerprint density at radius 2 is 1.76 bits per heavy atom. The minimum Gasteiger partial charge on any atom is -0.395 e. The first-order valence-corrected chi connectivity index (χ1v) is 9.80. The van der Waals surface area contributed by atoms with E-state index in [1.807, 2.05) is 0 Å². The molecule has 1 amide bonds. The van der Waals surface area contributed by atoms with E-state index in [2.05, 4.69) is 4.72 Å². The molecule has 7 atom stereocenters. The van der Waals surface area contributed by atoms with E-state index in [0.717, 1.165) is 30.6 Å². The molecule has 4 aliphatic rings. The molecule has 0 aromatic rings. The minimum atomic E-state index is -3.67. The number of sulfonamides is 1. The van der Waals surface area contributed by atoms with E-state index < -0.39 is 22.4 Å². The quantitative estimate of drug-likeness (QED) is 0.750. The molecule has 5 nitrogen and oxygen atoms in total. The summed E-state index contributed by atoms with van der Waals surface area (Å²) in [5.74, 6) is 3.39. The summed E-state index contributed by atoms with van der Waals surface area (Å²) in [6.45, 7) is -0.451. The van der Waals surface area contributed by atoms with Crippen molar-refractivity contribution in [2.45, 2.75) is 32.1 Å². The van der Waals surface area contributed by atoms with Gasteiger partial charge in [0, 0.05) is 5.92 Å². The maximum Gasteiger partial charge on any atom is 0.237 e. The fraction of sp³-hybridized carbons (Fsp3) is 0.933. The second kappa shape index (κ2) is 4.69. The number of fused-ring (bicyclic) bond motifs is 9. The standard InChI is InChI=1S/C15H23NO4S/c17-3-4-21(19,20)16-15(18)12-7-10-6-11(12)14-9-2-1-8(5-9)13(10)14/h8-14,17H,1-7H2,(H,16,18). The molecule has 7 unspecified atom stereocenters. The molecule has 0 aromatic heterocycles. The Hall–Kier alpha value is -0.620. The second-order valence-electron chi connectivity index (χ2n) is 7.50. The Morgan fingerprint density at radius 3 is 2.48 bits per heavy atom. The van der Waals surface area contributed by atoms with Crippen LogP contribution in [0.2, 0.25) is 0 Å². The van der Waals surface area contributed by atoms with Crippen LogP contribution in [0.25, 0.3) is 0 Å². The molecule has 0 spiro atoms. The molecule has 4 saturated carbocycles. The molecule has 0 heterocycles. The van der Waals surface area contributed by atoms with Crippen molar-refractivity contribution in [2.24, 2.45) is 41.4 Å². The van der Waals surface area contributed by atoms with Crippen molar-refractivity contribution in [3.8, 4) is 0 Å². The molecule has 0 saturated heterocycles. The van der Waals surface area contributed by atoms with Crippen molar-refractivity contribution in [3.63, 3.8) is 0 Å². The third-order valence-electron chi connectivity index (χ3n) is 6.69. The minimum absolute atomic E-state index is 0.121. The number of nitrogens with one attached hydrogen (secondary N) is 1. The summed E-state index contributed by atoms with van der Waals surface area (Å²) in [6.07, 6.45) is 6.03. The van der Waals surface area contributed by atoms with Crippen molar-refractivity contribution >= 4 is 15.9 Å². The zero-order chi connectivity index (χ0) is 14.8.